The van der Waals surface area contributed by atoms with Gasteiger partial charge in [-0.15, -0.1) is 0 Å². The van der Waals surface area contributed by atoms with Gasteiger partial charge in [-0.25, -0.2) is 4.79 Å². The lowest BCUT2D eigenvalue weighted by atomic mass is 10.1. The molecule has 1 rings (SSSR count). The molecule has 1 atom stereocenters. The van der Waals surface area contributed by atoms with Crippen molar-refractivity contribution in [2.75, 3.05) is 13.6 Å². The molecule has 1 aromatic rings. The lowest BCUT2D eigenvalue weighted by Gasteiger charge is -2.17. The van der Waals surface area contributed by atoms with Crippen LogP contribution in [0.5, 0.6) is 0 Å². The van der Waals surface area contributed by atoms with Crippen LogP contribution in [0.3, 0.4) is 0 Å². The van der Waals surface area contributed by atoms with E-state index in [1.54, 1.807) is 13.1 Å². The third-order valence-corrected chi connectivity index (χ3v) is 3.43. The minimum Gasteiger partial charge on any atom is -0.480 e. The van der Waals surface area contributed by atoms with Gasteiger partial charge in [-0.2, -0.15) is 0 Å². The Kier molecular flexibility index (Phi) is 7.63. The number of nitrogens with zero attached hydrogens (tertiary/aromatic N) is 2. The number of aliphatic carboxylic acids is 1. The molecule has 0 fully saturated rings. The molecule has 0 aliphatic rings. The van der Waals surface area contributed by atoms with E-state index < -0.39 is 23.0 Å². The Morgan fingerprint density at radius 1 is 1.38 bits per heavy atom. The van der Waals surface area contributed by atoms with Crippen molar-refractivity contribution < 1.29 is 24.4 Å². The molecule has 0 aromatic heterocycles. The van der Waals surface area contributed by atoms with Crippen LogP contribution in [-0.4, -0.2) is 46.6 Å². The van der Waals surface area contributed by atoms with E-state index in [9.17, 15) is 19.7 Å². The third-order valence-electron chi connectivity index (χ3n) is 3.43. The van der Waals surface area contributed by atoms with Crippen LogP contribution >= 0.6 is 0 Å². The lowest BCUT2D eigenvalue weighted by molar-refractivity contribution is -0.385. The van der Waals surface area contributed by atoms with E-state index in [-0.39, 0.29) is 12.3 Å². The van der Waals surface area contributed by atoms with Crippen LogP contribution in [-0.2, 0) is 16.1 Å². The van der Waals surface area contributed by atoms with Gasteiger partial charge in [0.25, 0.3) is 5.69 Å². The molecular weight excluding hydrogens is 318 g/mol. The zero-order valence-corrected chi connectivity index (χ0v) is 13.4. The number of amides is 1. The Bertz CT molecular complexity index is 592. The fourth-order valence-electron chi connectivity index (χ4n) is 1.99. The van der Waals surface area contributed by atoms with E-state index in [4.69, 9.17) is 15.6 Å². The highest BCUT2D eigenvalue weighted by molar-refractivity contribution is 5.72. The molecule has 24 heavy (non-hydrogen) atoms. The average Bonchev–Trinajstić information content (AvgIpc) is 2.55. The Hall–Kier alpha value is -2.68. The second-order valence-corrected chi connectivity index (χ2v) is 5.30. The number of benzene rings is 1. The van der Waals surface area contributed by atoms with Crippen LogP contribution in [0.15, 0.2) is 24.3 Å². The summed E-state index contributed by atoms with van der Waals surface area (Å²) in [6.07, 6.45) is 0.873. The molecule has 1 aromatic carbocycles. The maximum atomic E-state index is 11.8. The zero-order valence-electron chi connectivity index (χ0n) is 13.4. The fraction of sp³-hybridized carbons (Fsp3) is 0.467. The Morgan fingerprint density at radius 3 is 2.67 bits per heavy atom. The molecule has 1 amide bonds. The van der Waals surface area contributed by atoms with Gasteiger partial charge in [-0.05, 0) is 25.3 Å². The van der Waals surface area contributed by atoms with Gasteiger partial charge < -0.3 is 20.5 Å². The van der Waals surface area contributed by atoms with Gasteiger partial charge >= 0.3 is 12.1 Å². The Morgan fingerprint density at radius 2 is 2.04 bits per heavy atom. The highest BCUT2D eigenvalue weighted by Gasteiger charge is 2.16. The van der Waals surface area contributed by atoms with Gasteiger partial charge in [0.05, 0.1) is 10.5 Å². The summed E-state index contributed by atoms with van der Waals surface area (Å²) < 4.78 is 5.06. The number of carbonyl (C=O) groups excluding carboxylic acids is 1. The fourth-order valence-corrected chi connectivity index (χ4v) is 1.99. The predicted octanol–water partition coefficient (Wildman–Crippen LogP) is 1.75. The molecule has 132 valence electrons. The molecule has 0 spiro atoms. The molecule has 0 bridgehead atoms. The van der Waals surface area contributed by atoms with Crippen LogP contribution in [0.2, 0.25) is 0 Å². The SMILES string of the molecule is CN(CCCC[C@H](N)C(=O)O)C(=O)OCc1ccccc1[N+](=O)[O-]. The van der Waals surface area contributed by atoms with E-state index in [1.165, 1.54) is 23.1 Å². The molecule has 0 radical (unpaired) electrons. The summed E-state index contributed by atoms with van der Waals surface area (Å²) in [7, 11) is 1.54. The minimum atomic E-state index is -1.05. The van der Waals surface area contributed by atoms with Crippen molar-refractivity contribution in [1.29, 1.82) is 0 Å². The number of rotatable bonds is 9. The summed E-state index contributed by atoms with van der Waals surface area (Å²) in [6, 6.07) is 5.14. The van der Waals surface area contributed by atoms with Gasteiger partial charge in [-0.1, -0.05) is 12.1 Å². The number of unbranched alkanes of at least 4 members (excludes halogenated alkanes) is 1. The molecule has 0 aliphatic heterocycles. The third kappa shape index (κ3) is 6.21. The van der Waals surface area contributed by atoms with Gasteiger partial charge in [0, 0.05) is 19.7 Å². The van der Waals surface area contributed by atoms with Crippen molar-refractivity contribution in [3.63, 3.8) is 0 Å². The van der Waals surface area contributed by atoms with Crippen molar-refractivity contribution in [2.24, 2.45) is 5.73 Å². The molecule has 9 heteroatoms. The molecule has 0 saturated heterocycles. The second-order valence-electron chi connectivity index (χ2n) is 5.30. The van der Waals surface area contributed by atoms with Crippen LogP contribution in [0.4, 0.5) is 10.5 Å². The van der Waals surface area contributed by atoms with Crippen LogP contribution in [0.25, 0.3) is 0 Å². The second kappa shape index (κ2) is 9.46. The number of carboxylic acids is 1. The highest BCUT2D eigenvalue weighted by Crippen LogP contribution is 2.18. The highest BCUT2D eigenvalue weighted by atomic mass is 16.6. The molecule has 0 saturated carbocycles. The Balaban J connectivity index is 2.37. The smallest absolute Gasteiger partial charge is 0.409 e. The lowest BCUT2D eigenvalue weighted by Crippen LogP contribution is -2.31. The summed E-state index contributed by atoms with van der Waals surface area (Å²) >= 11 is 0. The van der Waals surface area contributed by atoms with E-state index >= 15 is 0 Å². The number of nitro groups is 1. The number of nitro benzene ring substituents is 1. The number of carboxylic acid groups (broad SMARTS) is 1. The van der Waals surface area contributed by atoms with Crippen molar-refractivity contribution in [3.05, 3.63) is 39.9 Å². The summed E-state index contributed by atoms with van der Waals surface area (Å²) in [4.78, 5) is 34.1. The molecule has 0 aliphatic carbocycles. The van der Waals surface area contributed by atoms with E-state index in [0.29, 0.717) is 31.4 Å². The first-order chi connectivity index (χ1) is 11.3. The maximum absolute atomic E-state index is 11.8. The monoisotopic (exact) mass is 339 g/mol. The molecule has 0 unspecified atom stereocenters. The Labute approximate surface area is 139 Å². The normalized spacial score (nSPS) is 11.6. The summed E-state index contributed by atoms with van der Waals surface area (Å²) in [5.41, 5.74) is 5.60. The van der Waals surface area contributed by atoms with Crippen molar-refractivity contribution in [2.45, 2.75) is 31.9 Å². The van der Waals surface area contributed by atoms with E-state index in [1.807, 2.05) is 0 Å². The van der Waals surface area contributed by atoms with Crippen molar-refractivity contribution in [3.8, 4) is 0 Å². The van der Waals surface area contributed by atoms with Gasteiger partial charge in [-0.3, -0.25) is 14.9 Å². The first-order valence-corrected chi connectivity index (χ1v) is 7.41. The number of carbonyl (C=O) groups is 2. The first kappa shape index (κ1) is 19.4. The summed E-state index contributed by atoms with van der Waals surface area (Å²) in [5.74, 6) is -1.05. The van der Waals surface area contributed by atoms with Crippen LogP contribution in [0.1, 0.15) is 24.8 Å². The first-order valence-electron chi connectivity index (χ1n) is 7.41. The topological polar surface area (TPSA) is 136 Å². The summed E-state index contributed by atoms with van der Waals surface area (Å²) in [5, 5.41) is 19.5. The quantitative estimate of drug-likeness (QED) is 0.397. The van der Waals surface area contributed by atoms with E-state index in [2.05, 4.69) is 0 Å². The molecular formula is C15H21N3O6. The minimum absolute atomic E-state index is 0.101. The average molecular weight is 339 g/mol. The largest absolute Gasteiger partial charge is 0.480 e. The maximum Gasteiger partial charge on any atom is 0.409 e. The van der Waals surface area contributed by atoms with Gasteiger partial charge in [0.15, 0.2) is 0 Å². The van der Waals surface area contributed by atoms with Crippen LogP contribution in [0, 0.1) is 10.1 Å². The van der Waals surface area contributed by atoms with Gasteiger partial charge in [0.1, 0.15) is 12.6 Å². The predicted molar refractivity (Wildman–Crippen MR) is 85.4 cm³/mol. The number of nitrogens with two attached hydrogens (primary N) is 1. The molecule has 9 nitrogen and oxygen atoms in total. The van der Waals surface area contributed by atoms with Crippen molar-refractivity contribution >= 4 is 17.7 Å². The van der Waals surface area contributed by atoms with E-state index in [0.717, 1.165) is 0 Å². The zero-order chi connectivity index (χ0) is 18.1. The van der Waals surface area contributed by atoms with Gasteiger partial charge in [0.2, 0.25) is 0 Å². The molecule has 3 N–H and O–H groups in total. The van der Waals surface area contributed by atoms with Crippen LogP contribution < -0.4 is 5.73 Å². The van der Waals surface area contributed by atoms with Crippen molar-refractivity contribution in [1.82, 2.24) is 4.90 Å². The number of hydrogen-bond acceptors (Lipinski definition) is 6. The summed E-state index contributed by atoms with van der Waals surface area (Å²) in [6.45, 7) is 0.187. The number of hydrogen-bond donors (Lipinski definition) is 2. The number of para-hydroxylation sites is 1. The standard InChI is InChI=1S/C15H21N3O6/c1-17(9-5-4-7-12(16)14(19)20)15(21)24-10-11-6-2-3-8-13(11)18(22)23/h2-3,6,8,12H,4-5,7,9-10,16H2,1H3,(H,19,20)/t12-/m0/s1. The number of ether oxygens (including phenoxy) is 1. The molecule has 0 heterocycles.